The van der Waals surface area contributed by atoms with Crippen molar-refractivity contribution in [1.29, 1.82) is 0 Å². The molecule has 0 spiro atoms. The van der Waals surface area contributed by atoms with Crippen molar-refractivity contribution in [3.63, 3.8) is 0 Å². The normalized spacial score (nSPS) is 22.0. The molecule has 0 aromatic heterocycles. The molecule has 0 amide bonds. The minimum atomic E-state index is -0.142. The zero-order valence-corrected chi connectivity index (χ0v) is 11.2. The van der Waals surface area contributed by atoms with E-state index < -0.39 is 0 Å². The molecule has 0 aromatic rings. The second kappa shape index (κ2) is 6.24. The maximum Gasteiger partial charge on any atom is 0.0566 e. The maximum absolute atomic E-state index is 9.78. The second-order valence-electron chi connectivity index (χ2n) is 5.49. The van der Waals surface area contributed by atoms with Crippen LogP contribution in [0.5, 0.6) is 0 Å². The minimum absolute atomic E-state index is 0.142. The summed E-state index contributed by atoms with van der Waals surface area (Å²) in [5, 5.41) is 9.78. The van der Waals surface area contributed by atoms with Crippen LogP contribution in [-0.4, -0.2) is 11.2 Å². The quantitative estimate of drug-likeness (QED) is 0.706. The number of hydrogen-bond acceptors (Lipinski definition) is 1. The van der Waals surface area contributed by atoms with Crippen LogP contribution in [0.15, 0.2) is 22.8 Å². The van der Waals surface area contributed by atoms with Gasteiger partial charge in [-0.15, -0.1) is 0 Å². The molecule has 16 heavy (non-hydrogen) atoms. The maximum atomic E-state index is 9.78. The van der Waals surface area contributed by atoms with E-state index in [1.54, 1.807) is 5.57 Å². The van der Waals surface area contributed by atoms with Gasteiger partial charge in [0.2, 0.25) is 0 Å². The van der Waals surface area contributed by atoms with Gasteiger partial charge < -0.3 is 5.11 Å². The molecular weight excluding hydrogens is 196 g/mol. The first-order chi connectivity index (χ1) is 7.50. The van der Waals surface area contributed by atoms with E-state index in [0.717, 1.165) is 19.3 Å². The van der Waals surface area contributed by atoms with Gasteiger partial charge in [-0.3, -0.25) is 0 Å². The Labute approximate surface area is 100 Å². The van der Waals surface area contributed by atoms with Crippen molar-refractivity contribution in [2.24, 2.45) is 5.92 Å². The highest BCUT2D eigenvalue weighted by molar-refractivity contribution is 5.22. The molecule has 0 heterocycles. The number of allylic oxidation sites excluding steroid dienone is 4. The lowest BCUT2D eigenvalue weighted by atomic mass is 9.89. The monoisotopic (exact) mass is 222 g/mol. The van der Waals surface area contributed by atoms with E-state index in [4.69, 9.17) is 0 Å². The average Bonchev–Trinajstić information content (AvgIpc) is 2.26. The molecule has 1 rings (SSSR count). The van der Waals surface area contributed by atoms with E-state index >= 15 is 0 Å². The first kappa shape index (κ1) is 13.5. The molecule has 1 atom stereocenters. The Morgan fingerprint density at radius 2 is 2.06 bits per heavy atom. The van der Waals surface area contributed by atoms with E-state index in [9.17, 15) is 5.11 Å². The van der Waals surface area contributed by atoms with Crippen LogP contribution in [0.25, 0.3) is 0 Å². The highest BCUT2D eigenvalue weighted by Crippen LogP contribution is 2.27. The highest BCUT2D eigenvalue weighted by atomic mass is 16.3. The lowest BCUT2D eigenvalue weighted by Gasteiger charge is -2.18. The van der Waals surface area contributed by atoms with Crippen molar-refractivity contribution in [3.8, 4) is 0 Å². The van der Waals surface area contributed by atoms with Gasteiger partial charge in [-0.25, -0.2) is 0 Å². The summed E-state index contributed by atoms with van der Waals surface area (Å²) in [5.74, 6) is 0.381. The summed E-state index contributed by atoms with van der Waals surface area (Å²) in [4.78, 5) is 0. The van der Waals surface area contributed by atoms with Crippen molar-refractivity contribution < 1.29 is 5.11 Å². The third kappa shape index (κ3) is 4.13. The smallest absolute Gasteiger partial charge is 0.0566 e. The van der Waals surface area contributed by atoms with Crippen LogP contribution in [0.2, 0.25) is 0 Å². The lowest BCUT2D eigenvalue weighted by molar-refractivity contribution is 0.116. The molecule has 1 aliphatic rings. The first-order valence-electron chi connectivity index (χ1n) is 6.52. The second-order valence-corrected chi connectivity index (χ2v) is 5.49. The fourth-order valence-electron chi connectivity index (χ4n) is 2.11. The highest BCUT2D eigenvalue weighted by Gasteiger charge is 2.11. The van der Waals surface area contributed by atoms with Gasteiger partial charge in [0.1, 0.15) is 0 Å². The Morgan fingerprint density at radius 3 is 2.56 bits per heavy atom. The fraction of sp³-hybridized carbons (Fsp3) is 0.733. The molecule has 0 saturated carbocycles. The largest absolute Gasteiger partial charge is 0.393 e. The van der Waals surface area contributed by atoms with Crippen LogP contribution in [-0.2, 0) is 0 Å². The summed E-state index contributed by atoms with van der Waals surface area (Å²) in [7, 11) is 0. The molecule has 0 saturated heterocycles. The van der Waals surface area contributed by atoms with Crippen LogP contribution in [0.4, 0.5) is 0 Å². The Balaban J connectivity index is 2.45. The Bertz CT molecular complexity index is 284. The van der Waals surface area contributed by atoms with Crippen LogP contribution in [0.1, 0.15) is 59.8 Å². The van der Waals surface area contributed by atoms with Crippen molar-refractivity contribution in [2.75, 3.05) is 0 Å². The zero-order valence-electron chi connectivity index (χ0n) is 11.2. The van der Waals surface area contributed by atoms with E-state index in [1.807, 2.05) is 0 Å². The van der Waals surface area contributed by atoms with E-state index in [2.05, 4.69) is 33.8 Å². The third-order valence-electron chi connectivity index (χ3n) is 3.71. The number of hydrogen-bond donors (Lipinski definition) is 1. The van der Waals surface area contributed by atoms with Gasteiger partial charge in [-0.2, -0.15) is 0 Å². The van der Waals surface area contributed by atoms with Crippen LogP contribution >= 0.6 is 0 Å². The molecule has 1 heteroatoms. The SMILES string of the molecule is CC1=CC/C(=C(/C)CC[C@@H](O)C(C)C)CC1. The predicted molar refractivity (Wildman–Crippen MR) is 70.4 cm³/mol. The molecule has 0 aliphatic heterocycles. The van der Waals surface area contributed by atoms with Gasteiger partial charge in [0.15, 0.2) is 0 Å². The fourth-order valence-corrected chi connectivity index (χ4v) is 2.11. The predicted octanol–water partition coefficient (Wildman–Crippen LogP) is 4.23. The third-order valence-corrected chi connectivity index (χ3v) is 3.71. The summed E-state index contributed by atoms with van der Waals surface area (Å²) >= 11 is 0. The number of aliphatic hydroxyl groups excluding tert-OH is 1. The molecular formula is C15H26O. The van der Waals surface area contributed by atoms with Gasteiger partial charge in [0.05, 0.1) is 6.10 Å². The van der Waals surface area contributed by atoms with E-state index in [0.29, 0.717) is 5.92 Å². The topological polar surface area (TPSA) is 20.2 Å². The standard InChI is InChI=1S/C15H26O/c1-11(2)15(16)10-7-13(4)14-8-5-12(3)6-9-14/h5,11,15-16H,6-10H2,1-4H3/b14-13+/t15-/m1/s1. The van der Waals surface area contributed by atoms with Crippen molar-refractivity contribution in [1.82, 2.24) is 0 Å². The van der Waals surface area contributed by atoms with E-state index in [1.165, 1.54) is 24.0 Å². The summed E-state index contributed by atoms with van der Waals surface area (Å²) in [6.45, 7) is 8.62. The lowest BCUT2D eigenvalue weighted by Crippen LogP contribution is -2.14. The molecule has 0 bridgehead atoms. The van der Waals surface area contributed by atoms with E-state index in [-0.39, 0.29) is 6.10 Å². The van der Waals surface area contributed by atoms with Crippen molar-refractivity contribution in [2.45, 2.75) is 65.9 Å². The Morgan fingerprint density at radius 1 is 1.38 bits per heavy atom. The minimum Gasteiger partial charge on any atom is -0.393 e. The zero-order chi connectivity index (χ0) is 12.1. The molecule has 1 nitrogen and oxygen atoms in total. The van der Waals surface area contributed by atoms with Crippen molar-refractivity contribution in [3.05, 3.63) is 22.8 Å². The van der Waals surface area contributed by atoms with Gasteiger partial charge >= 0.3 is 0 Å². The molecule has 0 radical (unpaired) electrons. The summed E-state index contributed by atoms with van der Waals surface area (Å²) in [6.07, 6.45) is 7.76. The molecule has 0 aromatic carbocycles. The van der Waals surface area contributed by atoms with Gasteiger partial charge in [0.25, 0.3) is 0 Å². The Hall–Kier alpha value is -0.560. The molecule has 1 aliphatic carbocycles. The molecule has 92 valence electrons. The number of aliphatic hydroxyl groups is 1. The first-order valence-corrected chi connectivity index (χ1v) is 6.52. The summed E-state index contributed by atoms with van der Waals surface area (Å²) < 4.78 is 0. The van der Waals surface area contributed by atoms with Crippen LogP contribution in [0, 0.1) is 5.92 Å². The molecule has 0 unspecified atom stereocenters. The molecule has 1 N–H and O–H groups in total. The van der Waals surface area contributed by atoms with Crippen molar-refractivity contribution >= 4 is 0 Å². The number of rotatable bonds is 4. The molecule has 0 fully saturated rings. The average molecular weight is 222 g/mol. The van der Waals surface area contributed by atoms with Crippen LogP contribution in [0.3, 0.4) is 0 Å². The van der Waals surface area contributed by atoms with Gasteiger partial charge in [0, 0.05) is 0 Å². The van der Waals surface area contributed by atoms with Crippen LogP contribution < -0.4 is 0 Å². The Kier molecular flexibility index (Phi) is 5.27. The summed E-state index contributed by atoms with van der Waals surface area (Å²) in [5.41, 5.74) is 4.63. The van der Waals surface area contributed by atoms with Gasteiger partial charge in [-0.1, -0.05) is 36.6 Å². The van der Waals surface area contributed by atoms with Gasteiger partial charge in [-0.05, 0) is 51.9 Å². The summed E-state index contributed by atoms with van der Waals surface area (Å²) in [6, 6.07) is 0.